The van der Waals surface area contributed by atoms with Crippen LogP contribution in [0.1, 0.15) is 42.1 Å². The highest BCUT2D eigenvalue weighted by molar-refractivity contribution is 5.83. The Morgan fingerprint density at radius 2 is 1.72 bits per heavy atom. The molecule has 2 aromatic carbocycles. The maximum atomic E-state index is 13.2. The van der Waals surface area contributed by atoms with Crippen LogP contribution in [0.15, 0.2) is 48.5 Å². The molecule has 0 saturated heterocycles. The fraction of sp³-hybridized carbons (Fsp3) is 0.409. The standard InChI is InChI=1S/C22H27F3N2O2/c1-4-27(5-2)20(16-11-8-12-19(13-16)22(23,24)25)21(28)26-14-17-9-6-7-10-18(17)15-29-3/h6-13,20H,4-5,14-15H2,1-3H3,(H,26,28). The summed E-state index contributed by atoms with van der Waals surface area (Å²) in [6.07, 6.45) is -4.46. The molecular weight excluding hydrogens is 381 g/mol. The van der Waals surface area contributed by atoms with Crippen molar-refractivity contribution in [1.82, 2.24) is 10.2 Å². The molecule has 29 heavy (non-hydrogen) atoms. The van der Waals surface area contributed by atoms with E-state index in [9.17, 15) is 18.0 Å². The molecule has 0 heterocycles. The molecule has 0 aliphatic carbocycles. The molecule has 1 amide bonds. The molecule has 0 aliphatic heterocycles. The van der Waals surface area contributed by atoms with Crippen molar-refractivity contribution in [2.45, 2.75) is 39.2 Å². The zero-order valence-electron chi connectivity index (χ0n) is 16.9. The zero-order valence-corrected chi connectivity index (χ0v) is 16.9. The second-order valence-corrected chi connectivity index (χ2v) is 6.67. The quantitative estimate of drug-likeness (QED) is 0.662. The molecule has 1 atom stereocenters. The molecule has 0 radical (unpaired) electrons. The van der Waals surface area contributed by atoms with Gasteiger partial charge in [-0.05, 0) is 41.9 Å². The number of nitrogens with one attached hydrogen (secondary N) is 1. The van der Waals surface area contributed by atoms with Gasteiger partial charge in [0.25, 0.3) is 0 Å². The second-order valence-electron chi connectivity index (χ2n) is 6.67. The third kappa shape index (κ3) is 6.05. The number of benzene rings is 2. The number of carbonyl (C=O) groups is 1. The Balaban J connectivity index is 2.28. The molecule has 2 aromatic rings. The number of methoxy groups -OCH3 is 1. The van der Waals surface area contributed by atoms with E-state index in [1.165, 1.54) is 6.07 Å². The van der Waals surface area contributed by atoms with Crippen LogP contribution >= 0.6 is 0 Å². The zero-order chi connectivity index (χ0) is 21.4. The first kappa shape index (κ1) is 22.9. The van der Waals surface area contributed by atoms with E-state index in [1.807, 2.05) is 43.0 Å². The van der Waals surface area contributed by atoms with Crippen LogP contribution in [0.3, 0.4) is 0 Å². The van der Waals surface area contributed by atoms with Crippen LogP contribution in [-0.4, -0.2) is 31.0 Å². The van der Waals surface area contributed by atoms with Crippen molar-refractivity contribution < 1.29 is 22.7 Å². The van der Waals surface area contributed by atoms with Gasteiger partial charge in [0.1, 0.15) is 6.04 Å². The number of likely N-dealkylation sites (N-methyl/N-ethyl adjacent to an activating group) is 1. The largest absolute Gasteiger partial charge is 0.416 e. The molecule has 4 nitrogen and oxygen atoms in total. The number of hydrogen-bond donors (Lipinski definition) is 1. The Kier molecular flexibility index (Phi) is 8.22. The SMILES string of the molecule is CCN(CC)C(C(=O)NCc1ccccc1COC)c1cccc(C(F)(F)F)c1. The molecule has 0 bridgehead atoms. The van der Waals surface area contributed by atoms with Gasteiger partial charge in [-0.3, -0.25) is 9.69 Å². The maximum Gasteiger partial charge on any atom is 0.416 e. The molecule has 1 unspecified atom stereocenters. The Hall–Kier alpha value is -2.38. The third-order valence-electron chi connectivity index (χ3n) is 4.83. The lowest BCUT2D eigenvalue weighted by Crippen LogP contribution is -2.40. The average Bonchev–Trinajstić information content (AvgIpc) is 2.70. The van der Waals surface area contributed by atoms with E-state index < -0.39 is 17.8 Å². The number of rotatable bonds is 9. The van der Waals surface area contributed by atoms with Gasteiger partial charge in [0.15, 0.2) is 0 Å². The summed E-state index contributed by atoms with van der Waals surface area (Å²) in [5, 5.41) is 2.89. The fourth-order valence-corrected chi connectivity index (χ4v) is 3.31. The van der Waals surface area contributed by atoms with Crippen LogP contribution in [0.4, 0.5) is 13.2 Å². The van der Waals surface area contributed by atoms with Crippen molar-refractivity contribution in [2.24, 2.45) is 0 Å². The average molecular weight is 408 g/mol. The lowest BCUT2D eigenvalue weighted by molar-refractivity contribution is -0.138. The van der Waals surface area contributed by atoms with Gasteiger partial charge in [-0.2, -0.15) is 13.2 Å². The van der Waals surface area contributed by atoms with Crippen LogP contribution in [0.5, 0.6) is 0 Å². The lowest BCUT2D eigenvalue weighted by atomic mass is 10.0. The van der Waals surface area contributed by atoms with Gasteiger partial charge in [-0.1, -0.05) is 50.2 Å². The molecule has 0 aliphatic rings. The molecular formula is C22H27F3N2O2. The topological polar surface area (TPSA) is 41.6 Å². The summed E-state index contributed by atoms with van der Waals surface area (Å²) in [5.41, 5.74) is 1.43. The van der Waals surface area contributed by atoms with E-state index in [-0.39, 0.29) is 12.5 Å². The first-order valence-electron chi connectivity index (χ1n) is 9.56. The third-order valence-corrected chi connectivity index (χ3v) is 4.83. The molecule has 0 spiro atoms. The Labute approximate surface area is 169 Å². The number of halogens is 3. The minimum atomic E-state index is -4.46. The van der Waals surface area contributed by atoms with Crippen LogP contribution < -0.4 is 5.32 Å². The fourth-order valence-electron chi connectivity index (χ4n) is 3.31. The summed E-state index contributed by atoms with van der Waals surface area (Å²) in [6.45, 7) is 5.51. The van der Waals surface area contributed by atoms with Crippen molar-refractivity contribution >= 4 is 5.91 Å². The normalized spacial score (nSPS) is 12.8. The van der Waals surface area contributed by atoms with Gasteiger partial charge in [0, 0.05) is 13.7 Å². The molecule has 7 heteroatoms. The van der Waals surface area contributed by atoms with Gasteiger partial charge in [-0.15, -0.1) is 0 Å². The van der Waals surface area contributed by atoms with Crippen molar-refractivity contribution in [2.75, 3.05) is 20.2 Å². The lowest BCUT2D eigenvalue weighted by Gasteiger charge is -2.29. The minimum Gasteiger partial charge on any atom is -0.380 e. The summed E-state index contributed by atoms with van der Waals surface area (Å²) in [7, 11) is 1.60. The van der Waals surface area contributed by atoms with E-state index in [0.717, 1.165) is 23.3 Å². The monoisotopic (exact) mass is 408 g/mol. The van der Waals surface area contributed by atoms with Crippen LogP contribution in [-0.2, 0) is 28.9 Å². The Morgan fingerprint density at radius 1 is 1.07 bits per heavy atom. The van der Waals surface area contributed by atoms with Gasteiger partial charge in [0.2, 0.25) is 5.91 Å². The molecule has 2 rings (SSSR count). The number of carbonyl (C=O) groups excluding carboxylic acids is 1. The Bertz CT molecular complexity index is 805. The number of amides is 1. The minimum absolute atomic E-state index is 0.273. The first-order chi connectivity index (χ1) is 13.8. The van der Waals surface area contributed by atoms with E-state index in [0.29, 0.717) is 25.3 Å². The predicted octanol–water partition coefficient (Wildman–Crippen LogP) is 4.55. The van der Waals surface area contributed by atoms with Crippen molar-refractivity contribution in [3.63, 3.8) is 0 Å². The van der Waals surface area contributed by atoms with Gasteiger partial charge in [-0.25, -0.2) is 0 Å². The maximum absolute atomic E-state index is 13.2. The highest BCUT2D eigenvalue weighted by atomic mass is 19.4. The number of nitrogens with zero attached hydrogens (tertiary/aromatic N) is 1. The number of alkyl halides is 3. The van der Waals surface area contributed by atoms with Crippen molar-refractivity contribution in [3.8, 4) is 0 Å². The summed E-state index contributed by atoms with van der Waals surface area (Å²) < 4.78 is 44.7. The molecule has 0 fully saturated rings. The van der Waals surface area contributed by atoms with Crippen LogP contribution in [0.2, 0.25) is 0 Å². The van der Waals surface area contributed by atoms with Gasteiger partial charge < -0.3 is 10.1 Å². The van der Waals surface area contributed by atoms with Crippen LogP contribution in [0, 0.1) is 0 Å². The molecule has 0 aromatic heterocycles. The van der Waals surface area contributed by atoms with Crippen LogP contribution in [0.25, 0.3) is 0 Å². The van der Waals surface area contributed by atoms with Gasteiger partial charge in [0.05, 0.1) is 12.2 Å². The van der Waals surface area contributed by atoms with Crippen molar-refractivity contribution in [3.05, 3.63) is 70.8 Å². The highest BCUT2D eigenvalue weighted by Crippen LogP contribution is 2.32. The number of hydrogen-bond acceptors (Lipinski definition) is 3. The first-order valence-corrected chi connectivity index (χ1v) is 9.56. The summed E-state index contributed by atoms with van der Waals surface area (Å²) >= 11 is 0. The summed E-state index contributed by atoms with van der Waals surface area (Å²) in [6, 6.07) is 11.7. The predicted molar refractivity (Wildman–Crippen MR) is 106 cm³/mol. The van der Waals surface area contributed by atoms with Gasteiger partial charge >= 0.3 is 6.18 Å². The molecule has 1 N–H and O–H groups in total. The van der Waals surface area contributed by atoms with E-state index in [2.05, 4.69) is 5.32 Å². The number of ether oxygens (including phenoxy) is 1. The summed E-state index contributed by atoms with van der Waals surface area (Å²) in [5.74, 6) is -0.333. The smallest absolute Gasteiger partial charge is 0.380 e. The molecule has 0 saturated carbocycles. The summed E-state index contributed by atoms with van der Waals surface area (Å²) in [4.78, 5) is 14.9. The Morgan fingerprint density at radius 3 is 2.31 bits per heavy atom. The van der Waals surface area contributed by atoms with Crippen molar-refractivity contribution in [1.29, 1.82) is 0 Å². The second kappa shape index (κ2) is 10.4. The van der Waals surface area contributed by atoms with E-state index in [1.54, 1.807) is 13.2 Å². The highest BCUT2D eigenvalue weighted by Gasteiger charge is 2.33. The van der Waals surface area contributed by atoms with E-state index >= 15 is 0 Å². The molecule has 158 valence electrons. The van der Waals surface area contributed by atoms with E-state index in [4.69, 9.17) is 4.74 Å².